The summed E-state index contributed by atoms with van der Waals surface area (Å²) >= 11 is 0. The standard InChI is InChI=1S/C26H40O5/c1-15-13-22-20-8-7-18-14-19(29-16(2)27)9-11-23(18,4)21(20)10-12-24(22,5)26(15)25(6,31-26)30-17(3)28/h15,18-22H,7-14H2,1-6H3/t15-,18+,19+,20-,21+,22+,23+,24+,25?,26-/m1/s1. The fourth-order valence-corrected chi connectivity index (χ4v) is 9.72. The van der Waals surface area contributed by atoms with E-state index < -0.39 is 5.79 Å². The highest BCUT2D eigenvalue weighted by molar-refractivity contribution is 5.67. The maximum Gasteiger partial charge on any atom is 0.305 e. The molecule has 5 fully saturated rings. The highest BCUT2D eigenvalue weighted by atomic mass is 16.8. The first-order valence-corrected chi connectivity index (χ1v) is 12.5. The van der Waals surface area contributed by atoms with Crippen LogP contribution in [-0.4, -0.2) is 29.4 Å². The van der Waals surface area contributed by atoms with Gasteiger partial charge >= 0.3 is 11.9 Å². The first kappa shape index (κ1) is 21.7. The summed E-state index contributed by atoms with van der Waals surface area (Å²) in [4.78, 5) is 23.3. The van der Waals surface area contributed by atoms with Crippen molar-refractivity contribution >= 4 is 11.9 Å². The zero-order valence-electron chi connectivity index (χ0n) is 20.2. The summed E-state index contributed by atoms with van der Waals surface area (Å²) in [6.45, 7) is 12.3. The van der Waals surface area contributed by atoms with E-state index in [1.54, 1.807) is 0 Å². The molecule has 31 heavy (non-hydrogen) atoms. The van der Waals surface area contributed by atoms with Crippen LogP contribution in [0, 0.1) is 40.4 Å². The molecule has 0 radical (unpaired) electrons. The van der Waals surface area contributed by atoms with Crippen LogP contribution in [0.15, 0.2) is 0 Å². The minimum Gasteiger partial charge on any atom is -0.463 e. The Kier molecular flexibility index (Phi) is 4.70. The minimum absolute atomic E-state index is 0.0654. The van der Waals surface area contributed by atoms with Gasteiger partial charge in [-0.2, -0.15) is 0 Å². The van der Waals surface area contributed by atoms with Crippen molar-refractivity contribution in [2.45, 2.75) is 110 Å². The van der Waals surface area contributed by atoms with Gasteiger partial charge in [-0.05, 0) is 86.4 Å². The van der Waals surface area contributed by atoms with Crippen molar-refractivity contribution in [2.75, 3.05) is 0 Å². The molecule has 1 aliphatic heterocycles. The van der Waals surface area contributed by atoms with Gasteiger partial charge < -0.3 is 14.2 Å². The normalized spacial score (nSPS) is 55.0. The third-order valence-corrected chi connectivity index (χ3v) is 10.8. The van der Waals surface area contributed by atoms with E-state index in [9.17, 15) is 9.59 Å². The molecule has 0 N–H and O–H groups in total. The Morgan fingerprint density at radius 2 is 1.65 bits per heavy atom. The summed E-state index contributed by atoms with van der Waals surface area (Å²) in [5, 5.41) is 0. The lowest BCUT2D eigenvalue weighted by molar-refractivity contribution is -0.161. The van der Waals surface area contributed by atoms with Gasteiger partial charge in [0.1, 0.15) is 11.7 Å². The summed E-state index contributed by atoms with van der Waals surface area (Å²) in [6, 6.07) is 0. The number of hydrogen-bond donors (Lipinski definition) is 0. The van der Waals surface area contributed by atoms with E-state index in [0.29, 0.717) is 23.2 Å². The van der Waals surface area contributed by atoms with Crippen molar-refractivity contribution in [1.29, 1.82) is 0 Å². The van der Waals surface area contributed by atoms with Gasteiger partial charge in [0.05, 0.1) is 0 Å². The Balaban J connectivity index is 1.39. The monoisotopic (exact) mass is 432 g/mol. The second kappa shape index (κ2) is 6.71. The van der Waals surface area contributed by atoms with Crippen molar-refractivity contribution < 1.29 is 23.8 Å². The van der Waals surface area contributed by atoms with E-state index in [1.807, 2.05) is 6.92 Å². The molecule has 5 heteroatoms. The molecule has 0 bridgehead atoms. The fourth-order valence-electron chi connectivity index (χ4n) is 9.72. The Hall–Kier alpha value is -1.10. The second-order valence-electron chi connectivity index (χ2n) is 12.1. The van der Waals surface area contributed by atoms with Crippen molar-refractivity contribution in [3.8, 4) is 0 Å². The summed E-state index contributed by atoms with van der Waals surface area (Å²) in [5.41, 5.74) is 0.0887. The van der Waals surface area contributed by atoms with Crippen LogP contribution in [0.1, 0.15) is 92.9 Å². The lowest BCUT2D eigenvalue weighted by Crippen LogP contribution is -2.56. The van der Waals surface area contributed by atoms with Gasteiger partial charge in [-0.3, -0.25) is 9.59 Å². The molecule has 5 nitrogen and oxygen atoms in total. The zero-order valence-corrected chi connectivity index (χ0v) is 20.2. The molecule has 0 amide bonds. The topological polar surface area (TPSA) is 65.1 Å². The van der Waals surface area contributed by atoms with E-state index >= 15 is 0 Å². The molecule has 10 atom stereocenters. The predicted molar refractivity (Wildman–Crippen MR) is 116 cm³/mol. The quantitative estimate of drug-likeness (QED) is 0.440. The van der Waals surface area contributed by atoms with Gasteiger partial charge in [-0.1, -0.05) is 20.8 Å². The van der Waals surface area contributed by atoms with Crippen molar-refractivity contribution in [1.82, 2.24) is 0 Å². The number of epoxide rings is 1. The molecule has 1 unspecified atom stereocenters. The largest absolute Gasteiger partial charge is 0.463 e. The van der Waals surface area contributed by atoms with Gasteiger partial charge in [0.25, 0.3) is 0 Å². The molecule has 4 aliphatic carbocycles. The molecule has 0 aromatic heterocycles. The average molecular weight is 433 g/mol. The average Bonchev–Trinajstić information content (AvgIpc) is 3.22. The molecular formula is C26H40O5. The van der Waals surface area contributed by atoms with Crippen molar-refractivity contribution in [3.63, 3.8) is 0 Å². The van der Waals surface area contributed by atoms with E-state index in [-0.39, 0.29) is 29.1 Å². The van der Waals surface area contributed by atoms with Gasteiger partial charge in [-0.25, -0.2) is 0 Å². The van der Waals surface area contributed by atoms with Crippen LogP contribution in [0.4, 0.5) is 0 Å². The smallest absolute Gasteiger partial charge is 0.305 e. The third kappa shape index (κ3) is 2.77. The number of ether oxygens (including phenoxy) is 3. The molecule has 0 aromatic carbocycles. The van der Waals surface area contributed by atoms with E-state index in [1.165, 1.54) is 46.0 Å². The molecule has 1 saturated heterocycles. The number of carbonyl (C=O) groups is 2. The first-order valence-electron chi connectivity index (χ1n) is 12.5. The highest BCUT2D eigenvalue weighted by Crippen LogP contribution is 2.77. The van der Waals surface area contributed by atoms with Crippen LogP contribution < -0.4 is 0 Å². The first-order chi connectivity index (χ1) is 14.5. The number of rotatable bonds is 2. The molecule has 1 heterocycles. The lowest BCUT2D eigenvalue weighted by atomic mass is 9.44. The Morgan fingerprint density at radius 3 is 2.32 bits per heavy atom. The SMILES string of the molecule is CC(=O)O[C@H]1CC[C@@]2(C)[C@@H](CC[C@@H]3[C@@H]2CC[C@@]2(C)[C@H]3C[C@@H](C)[C@@]23OC3(C)OC(C)=O)C1. The Morgan fingerprint density at radius 1 is 0.903 bits per heavy atom. The van der Waals surface area contributed by atoms with E-state index in [4.69, 9.17) is 14.2 Å². The maximum atomic E-state index is 11.8. The number of carbonyl (C=O) groups excluding carboxylic acids is 2. The summed E-state index contributed by atoms with van der Waals surface area (Å²) in [5.74, 6) is 2.00. The molecule has 5 aliphatic rings. The fraction of sp³-hybridized carbons (Fsp3) is 0.923. The van der Waals surface area contributed by atoms with Gasteiger partial charge in [0.15, 0.2) is 0 Å². The highest BCUT2D eigenvalue weighted by Gasteiger charge is 2.85. The van der Waals surface area contributed by atoms with Gasteiger partial charge in [-0.15, -0.1) is 0 Å². The van der Waals surface area contributed by atoms with Gasteiger partial charge in [0.2, 0.25) is 5.79 Å². The van der Waals surface area contributed by atoms with Crippen LogP contribution in [-0.2, 0) is 23.8 Å². The molecule has 5 rings (SSSR count). The predicted octanol–water partition coefficient (Wildman–Crippen LogP) is 5.26. The molecule has 4 saturated carbocycles. The van der Waals surface area contributed by atoms with E-state index in [2.05, 4.69) is 20.8 Å². The second-order valence-corrected chi connectivity index (χ2v) is 12.1. The van der Waals surface area contributed by atoms with Crippen LogP contribution in [0.5, 0.6) is 0 Å². The molecule has 174 valence electrons. The van der Waals surface area contributed by atoms with Crippen molar-refractivity contribution in [2.24, 2.45) is 40.4 Å². The van der Waals surface area contributed by atoms with Crippen LogP contribution in [0.3, 0.4) is 0 Å². The van der Waals surface area contributed by atoms with Crippen LogP contribution in [0.2, 0.25) is 0 Å². The Bertz CT molecular complexity index is 795. The lowest BCUT2D eigenvalue weighted by Gasteiger charge is -2.60. The van der Waals surface area contributed by atoms with Gasteiger partial charge in [0, 0.05) is 26.2 Å². The number of hydrogen-bond acceptors (Lipinski definition) is 5. The molecular weight excluding hydrogens is 392 g/mol. The number of fused-ring (bicyclic) bond motifs is 6. The maximum absolute atomic E-state index is 11.8. The summed E-state index contributed by atoms with van der Waals surface area (Å²) < 4.78 is 17.8. The van der Waals surface area contributed by atoms with Crippen molar-refractivity contribution in [3.05, 3.63) is 0 Å². The van der Waals surface area contributed by atoms with Crippen LogP contribution in [0.25, 0.3) is 0 Å². The Labute approximate surface area is 186 Å². The van der Waals surface area contributed by atoms with E-state index in [0.717, 1.165) is 31.1 Å². The van der Waals surface area contributed by atoms with Crippen LogP contribution >= 0.6 is 0 Å². The number of esters is 2. The summed E-state index contributed by atoms with van der Waals surface area (Å²) in [7, 11) is 0. The molecule has 1 spiro atoms. The summed E-state index contributed by atoms with van der Waals surface area (Å²) in [6.07, 6.45) is 9.39. The third-order valence-electron chi connectivity index (χ3n) is 10.8. The minimum atomic E-state index is -0.766. The zero-order chi connectivity index (χ0) is 22.4. The molecule has 0 aromatic rings.